The van der Waals surface area contributed by atoms with Crippen LogP contribution in [0.4, 0.5) is 39.5 Å². The summed E-state index contributed by atoms with van der Waals surface area (Å²) >= 11 is 0. The lowest BCUT2D eigenvalue weighted by molar-refractivity contribution is -0.167. The van der Waals surface area contributed by atoms with Crippen LogP contribution in [0.5, 0.6) is 5.88 Å². The molecule has 0 atom stereocenters. The van der Waals surface area contributed by atoms with E-state index in [1.807, 2.05) is 0 Å². The van der Waals surface area contributed by atoms with E-state index >= 15 is 0 Å². The van der Waals surface area contributed by atoms with Crippen molar-refractivity contribution in [2.45, 2.75) is 45.4 Å². The summed E-state index contributed by atoms with van der Waals surface area (Å²) in [6, 6.07) is 6.00. The fourth-order valence-corrected chi connectivity index (χ4v) is 2.88. The maximum absolute atomic E-state index is 13.8. The molecule has 1 heterocycles. The number of hydrogen-bond donors (Lipinski definition) is 2. The lowest BCUT2D eigenvalue weighted by Crippen LogP contribution is -2.38. The Labute approximate surface area is 194 Å². The van der Waals surface area contributed by atoms with Crippen molar-refractivity contribution in [3.63, 3.8) is 0 Å². The second-order valence-corrected chi connectivity index (χ2v) is 8.26. The van der Waals surface area contributed by atoms with Crippen LogP contribution in [0.25, 0.3) is 0 Å². The predicted molar refractivity (Wildman–Crippen MR) is 118 cm³/mol. The van der Waals surface area contributed by atoms with Gasteiger partial charge in [0.15, 0.2) is 5.82 Å². The standard InChI is InChI=1S/C22H26F4N4O4/c1-21(2,3)34-20(32)30(18-15(27)8-10-17(29-18)33-4)11-5-6-13-12-14(23)7-9-16(13)28-19(31)22(24,25)26/h7-10,12H,5-6,11,27H2,1-4H3,(H,28,31). The summed E-state index contributed by atoms with van der Waals surface area (Å²) in [7, 11) is 1.39. The van der Waals surface area contributed by atoms with E-state index < -0.39 is 29.6 Å². The van der Waals surface area contributed by atoms with Crippen molar-refractivity contribution >= 4 is 29.2 Å². The average molecular weight is 486 g/mol. The third-order valence-corrected chi connectivity index (χ3v) is 4.36. The first-order valence-electron chi connectivity index (χ1n) is 10.2. The number of benzene rings is 1. The van der Waals surface area contributed by atoms with Gasteiger partial charge in [0.05, 0.1) is 12.8 Å². The van der Waals surface area contributed by atoms with E-state index in [2.05, 4.69) is 4.98 Å². The van der Waals surface area contributed by atoms with Crippen LogP contribution in [-0.2, 0) is 16.0 Å². The Kier molecular flexibility index (Phi) is 8.30. The average Bonchev–Trinajstić information content (AvgIpc) is 2.71. The van der Waals surface area contributed by atoms with Crippen molar-refractivity contribution in [1.29, 1.82) is 0 Å². The number of pyridine rings is 1. The third-order valence-electron chi connectivity index (χ3n) is 4.36. The number of nitrogens with two attached hydrogens (primary N) is 1. The number of alkyl halides is 3. The Balaban J connectivity index is 2.27. The molecule has 0 aliphatic rings. The Hall–Kier alpha value is -3.57. The third kappa shape index (κ3) is 7.49. The number of hydrogen-bond acceptors (Lipinski definition) is 6. The molecule has 3 N–H and O–H groups in total. The highest BCUT2D eigenvalue weighted by Gasteiger charge is 2.39. The lowest BCUT2D eigenvalue weighted by atomic mass is 10.1. The minimum Gasteiger partial charge on any atom is -0.481 e. The molecule has 0 bridgehead atoms. The number of halogens is 4. The van der Waals surface area contributed by atoms with Crippen molar-refractivity contribution in [1.82, 2.24) is 4.98 Å². The molecule has 0 aliphatic carbocycles. The van der Waals surface area contributed by atoms with Gasteiger partial charge < -0.3 is 20.5 Å². The zero-order valence-electron chi connectivity index (χ0n) is 19.1. The van der Waals surface area contributed by atoms with E-state index in [1.54, 1.807) is 26.1 Å². The number of nitrogen functional groups attached to an aromatic ring is 1. The molecule has 0 radical (unpaired) electrons. The molecule has 186 valence electrons. The summed E-state index contributed by atoms with van der Waals surface area (Å²) < 4.78 is 62.2. The molecule has 2 aromatic rings. The number of carbonyl (C=O) groups excluding carboxylic acids is 2. The fraction of sp³-hybridized carbons (Fsp3) is 0.409. The van der Waals surface area contributed by atoms with E-state index in [-0.39, 0.29) is 48.0 Å². The monoisotopic (exact) mass is 486 g/mol. The normalized spacial score (nSPS) is 11.6. The number of carbonyl (C=O) groups is 2. The van der Waals surface area contributed by atoms with Gasteiger partial charge in [-0.05, 0) is 63.4 Å². The van der Waals surface area contributed by atoms with Gasteiger partial charge in [-0.1, -0.05) is 0 Å². The molecule has 0 spiro atoms. The predicted octanol–water partition coefficient (Wildman–Crippen LogP) is 4.69. The van der Waals surface area contributed by atoms with Crippen LogP contribution in [0.15, 0.2) is 30.3 Å². The number of methoxy groups -OCH3 is 1. The number of amides is 2. The molecule has 2 amide bonds. The number of aryl methyl sites for hydroxylation is 1. The zero-order valence-corrected chi connectivity index (χ0v) is 19.1. The van der Waals surface area contributed by atoms with Gasteiger partial charge >= 0.3 is 18.2 Å². The largest absolute Gasteiger partial charge is 0.481 e. The first kappa shape index (κ1) is 26.7. The molecular weight excluding hydrogens is 460 g/mol. The van der Waals surface area contributed by atoms with Crippen molar-refractivity contribution in [2.24, 2.45) is 0 Å². The van der Waals surface area contributed by atoms with Crippen molar-refractivity contribution < 1.29 is 36.6 Å². The highest BCUT2D eigenvalue weighted by molar-refractivity contribution is 5.95. The van der Waals surface area contributed by atoms with Crippen LogP contribution >= 0.6 is 0 Å². The first-order chi connectivity index (χ1) is 15.7. The number of rotatable bonds is 7. The van der Waals surface area contributed by atoms with E-state index in [4.69, 9.17) is 15.2 Å². The van der Waals surface area contributed by atoms with Gasteiger partial charge in [-0.2, -0.15) is 18.2 Å². The highest BCUT2D eigenvalue weighted by atomic mass is 19.4. The van der Waals surface area contributed by atoms with Crippen LogP contribution in [0.2, 0.25) is 0 Å². The maximum Gasteiger partial charge on any atom is 0.471 e. The van der Waals surface area contributed by atoms with E-state index in [0.717, 1.165) is 23.1 Å². The Morgan fingerprint density at radius 1 is 1.15 bits per heavy atom. The van der Waals surface area contributed by atoms with Crippen molar-refractivity contribution in [3.05, 3.63) is 41.7 Å². The summed E-state index contributed by atoms with van der Waals surface area (Å²) in [6.45, 7) is 5.00. The Bertz CT molecular complexity index is 1040. The van der Waals surface area contributed by atoms with Gasteiger partial charge in [0.1, 0.15) is 11.4 Å². The summed E-state index contributed by atoms with van der Waals surface area (Å²) in [5.41, 5.74) is 5.26. The van der Waals surface area contributed by atoms with Crippen LogP contribution in [-0.4, -0.2) is 42.4 Å². The number of nitrogens with one attached hydrogen (secondary N) is 1. The van der Waals surface area contributed by atoms with E-state index in [1.165, 1.54) is 19.2 Å². The molecule has 1 aromatic heterocycles. The molecule has 0 fully saturated rings. The second-order valence-electron chi connectivity index (χ2n) is 8.26. The van der Waals surface area contributed by atoms with Gasteiger partial charge in [0, 0.05) is 18.3 Å². The molecular formula is C22H26F4N4O4. The molecule has 34 heavy (non-hydrogen) atoms. The molecule has 12 heteroatoms. The molecule has 2 rings (SSSR count). The van der Waals surface area contributed by atoms with Crippen molar-refractivity contribution in [3.8, 4) is 5.88 Å². The maximum atomic E-state index is 13.8. The summed E-state index contributed by atoms with van der Waals surface area (Å²) in [6.07, 6.45) is -5.69. The van der Waals surface area contributed by atoms with Crippen LogP contribution in [0.3, 0.4) is 0 Å². The number of nitrogens with zero attached hydrogens (tertiary/aromatic N) is 2. The van der Waals surface area contributed by atoms with Crippen LogP contribution in [0.1, 0.15) is 32.8 Å². The van der Waals surface area contributed by atoms with Gasteiger partial charge in [0.2, 0.25) is 5.88 Å². The number of aromatic nitrogens is 1. The summed E-state index contributed by atoms with van der Waals surface area (Å²) in [4.78, 5) is 29.5. The van der Waals surface area contributed by atoms with Gasteiger partial charge in [0.25, 0.3) is 0 Å². The minimum atomic E-state index is -5.10. The Morgan fingerprint density at radius 3 is 2.41 bits per heavy atom. The topological polar surface area (TPSA) is 107 Å². The SMILES string of the molecule is COc1ccc(N)c(N(CCCc2cc(F)ccc2NC(=O)C(F)(F)F)C(=O)OC(C)(C)C)n1. The van der Waals surface area contributed by atoms with E-state index in [9.17, 15) is 27.2 Å². The molecule has 0 saturated carbocycles. The van der Waals surface area contributed by atoms with Gasteiger partial charge in [-0.15, -0.1) is 0 Å². The fourth-order valence-electron chi connectivity index (χ4n) is 2.88. The van der Waals surface area contributed by atoms with E-state index in [0.29, 0.717) is 0 Å². The quantitative estimate of drug-likeness (QED) is 0.550. The van der Waals surface area contributed by atoms with Crippen molar-refractivity contribution in [2.75, 3.05) is 29.6 Å². The lowest BCUT2D eigenvalue weighted by Gasteiger charge is -2.27. The zero-order chi connectivity index (χ0) is 25.7. The number of ether oxygens (including phenoxy) is 2. The van der Waals surface area contributed by atoms with Crippen LogP contribution in [0, 0.1) is 5.82 Å². The summed E-state index contributed by atoms with van der Waals surface area (Å²) in [5, 5.41) is 1.74. The molecule has 1 aromatic carbocycles. The molecule has 0 unspecified atom stereocenters. The molecule has 0 saturated heterocycles. The Morgan fingerprint density at radius 2 is 1.82 bits per heavy atom. The smallest absolute Gasteiger partial charge is 0.471 e. The van der Waals surface area contributed by atoms with Crippen LogP contribution < -0.4 is 20.7 Å². The molecule has 0 aliphatic heterocycles. The van der Waals surface area contributed by atoms with Gasteiger partial charge in [-0.25, -0.2) is 9.18 Å². The molecule has 8 nitrogen and oxygen atoms in total. The first-order valence-corrected chi connectivity index (χ1v) is 10.2. The second kappa shape index (κ2) is 10.6. The van der Waals surface area contributed by atoms with Gasteiger partial charge in [-0.3, -0.25) is 9.69 Å². The number of anilines is 3. The minimum absolute atomic E-state index is 0.0222. The highest BCUT2D eigenvalue weighted by Crippen LogP contribution is 2.27. The summed E-state index contributed by atoms with van der Waals surface area (Å²) in [5.74, 6) is -2.61.